The molecule has 0 aromatic heterocycles. The molecule has 0 saturated heterocycles. The number of likely N-dealkylation sites (N-methyl/N-ethyl adjacent to an activating group) is 1. The van der Waals surface area contributed by atoms with Gasteiger partial charge in [0.05, 0.1) is 13.2 Å². The summed E-state index contributed by atoms with van der Waals surface area (Å²) in [6.45, 7) is 6.88. The van der Waals surface area contributed by atoms with Crippen LogP contribution in [0.3, 0.4) is 0 Å². The maximum atomic E-state index is 12.3. The van der Waals surface area contributed by atoms with Gasteiger partial charge in [-0.2, -0.15) is 0 Å². The number of carbonyl (C=O) groups excluding carboxylic acids is 2. The molecule has 0 rings (SSSR count). The SMILES string of the molecule is CCCCCCCCCOC(=O)C(C(C)C)N(C)C(=O)OCCOC. The van der Waals surface area contributed by atoms with E-state index in [1.807, 2.05) is 13.8 Å². The minimum absolute atomic E-state index is 0.0541. The Morgan fingerprint density at radius 1 is 0.880 bits per heavy atom. The monoisotopic (exact) mass is 359 g/mol. The lowest BCUT2D eigenvalue weighted by molar-refractivity contribution is -0.150. The topological polar surface area (TPSA) is 65.1 Å². The lowest BCUT2D eigenvalue weighted by Gasteiger charge is -2.28. The first-order chi connectivity index (χ1) is 12.0. The van der Waals surface area contributed by atoms with Crippen LogP contribution in [0.15, 0.2) is 0 Å². The van der Waals surface area contributed by atoms with Gasteiger partial charge in [-0.05, 0) is 12.3 Å². The van der Waals surface area contributed by atoms with Crippen LogP contribution in [0.4, 0.5) is 4.79 Å². The van der Waals surface area contributed by atoms with Crippen LogP contribution in [0.2, 0.25) is 0 Å². The number of esters is 1. The fourth-order valence-corrected chi connectivity index (χ4v) is 2.62. The molecule has 148 valence electrons. The van der Waals surface area contributed by atoms with E-state index in [4.69, 9.17) is 14.2 Å². The Balaban J connectivity index is 4.16. The Labute approximate surface area is 153 Å². The zero-order chi connectivity index (χ0) is 19.1. The molecule has 1 amide bonds. The highest BCUT2D eigenvalue weighted by atomic mass is 16.6. The second-order valence-electron chi connectivity index (χ2n) is 6.70. The smallest absolute Gasteiger partial charge is 0.410 e. The maximum absolute atomic E-state index is 12.3. The molecule has 0 radical (unpaired) electrons. The summed E-state index contributed by atoms with van der Waals surface area (Å²) in [7, 11) is 3.10. The molecule has 0 aliphatic carbocycles. The normalized spacial score (nSPS) is 12.1. The van der Waals surface area contributed by atoms with E-state index in [2.05, 4.69) is 6.92 Å². The number of carbonyl (C=O) groups is 2. The molecule has 0 saturated carbocycles. The molecule has 0 heterocycles. The minimum atomic E-state index is -0.639. The van der Waals surface area contributed by atoms with Crippen LogP contribution in [0.1, 0.15) is 65.7 Å². The van der Waals surface area contributed by atoms with E-state index in [1.165, 1.54) is 44.1 Å². The van der Waals surface area contributed by atoms with E-state index in [9.17, 15) is 9.59 Å². The molecule has 6 nitrogen and oxygen atoms in total. The van der Waals surface area contributed by atoms with Crippen LogP contribution in [0.25, 0.3) is 0 Å². The third-order valence-corrected chi connectivity index (χ3v) is 4.08. The molecule has 0 spiro atoms. The molecular weight excluding hydrogens is 322 g/mol. The standard InChI is InChI=1S/C19H37NO5/c1-6-7-8-9-10-11-12-13-24-18(21)17(16(2)3)20(4)19(22)25-15-14-23-5/h16-17H,6-15H2,1-5H3. The van der Waals surface area contributed by atoms with Crippen LogP contribution in [-0.4, -0.2) is 57.0 Å². The fraction of sp³-hybridized carbons (Fsp3) is 0.895. The Morgan fingerprint density at radius 3 is 2.04 bits per heavy atom. The summed E-state index contributed by atoms with van der Waals surface area (Å²) in [6, 6.07) is -0.639. The Hall–Kier alpha value is -1.30. The van der Waals surface area contributed by atoms with E-state index in [1.54, 1.807) is 7.05 Å². The van der Waals surface area contributed by atoms with E-state index in [0.717, 1.165) is 12.8 Å². The van der Waals surface area contributed by atoms with Gasteiger partial charge >= 0.3 is 12.1 Å². The summed E-state index contributed by atoms with van der Waals surface area (Å²) < 4.78 is 15.3. The first-order valence-corrected chi connectivity index (χ1v) is 9.50. The van der Waals surface area contributed by atoms with Crippen molar-refractivity contribution in [1.29, 1.82) is 0 Å². The number of unbranched alkanes of at least 4 members (excludes halogenated alkanes) is 6. The van der Waals surface area contributed by atoms with Crippen molar-refractivity contribution in [2.75, 3.05) is 34.0 Å². The second kappa shape index (κ2) is 15.0. The summed E-state index contributed by atoms with van der Waals surface area (Å²) in [5, 5.41) is 0. The summed E-state index contributed by atoms with van der Waals surface area (Å²) in [5.41, 5.74) is 0. The number of hydrogen-bond acceptors (Lipinski definition) is 5. The van der Waals surface area contributed by atoms with Crippen LogP contribution >= 0.6 is 0 Å². The van der Waals surface area contributed by atoms with Gasteiger partial charge in [-0.1, -0.05) is 59.3 Å². The van der Waals surface area contributed by atoms with Crippen LogP contribution in [0.5, 0.6) is 0 Å². The Bertz CT molecular complexity index is 360. The molecule has 0 aliphatic rings. The first kappa shape index (κ1) is 23.7. The summed E-state index contributed by atoms with van der Waals surface area (Å²) >= 11 is 0. The molecule has 0 aromatic carbocycles. The van der Waals surface area contributed by atoms with Crippen LogP contribution in [0, 0.1) is 5.92 Å². The molecule has 1 atom stereocenters. The van der Waals surface area contributed by atoms with Gasteiger partial charge in [0, 0.05) is 14.2 Å². The number of ether oxygens (including phenoxy) is 3. The Morgan fingerprint density at radius 2 is 1.48 bits per heavy atom. The molecule has 1 unspecified atom stereocenters. The predicted molar refractivity (Wildman–Crippen MR) is 98.6 cm³/mol. The van der Waals surface area contributed by atoms with E-state index in [0.29, 0.717) is 13.2 Å². The van der Waals surface area contributed by atoms with Crippen molar-refractivity contribution < 1.29 is 23.8 Å². The first-order valence-electron chi connectivity index (χ1n) is 9.50. The third kappa shape index (κ3) is 11.0. The van der Waals surface area contributed by atoms with Gasteiger partial charge in [-0.15, -0.1) is 0 Å². The molecule has 0 aliphatic heterocycles. The lowest BCUT2D eigenvalue weighted by atomic mass is 10.0. The lowest BCUT2D eigenvalue weighted by Crippen LogP contribution is -2.47. The number of rotatable bonds is 14. The minimum Gasteiger partial charge on any atom is -0.464 e. The highest BCUT2D eigenvalue weighted by Crippen LogP contribution is 2.13. The number of nitrogens with zero attached hydrogens (tertiary/aromatic N) is 1. The summed E-state index contributed by atoms with van der Waals surface area (Å²) in [6.07, 6.45) is 7.63. The van der Waals surface area contributed by atoms with Gasteiger partial charge in [0.1, 0.15) is 12.6 Å². The van der Waals surface area contributed by atoms with Crippen molar-refractivity contribution >= 4 is 12.1 Å². The van der Waals surface area contributed by atoms with Gasteiger partial charge in [-0.25, -0.2) is 9.59 Å². The number of amides is 1. The highest BCUT2D eigenvalue weighted by Gasteiger charge is 2.32. The third-order valence-electron chi connectivity index (χ3n) is 4.08. The average molecular weight is 360 g/mol. The Kier molecular flexibility index (Phi) is 14.2. The molecule has 25 heavy (non-hydrogen) atoms. The molecule has 0 aromatic rings. The molecule has 0 bridgehead atoms. The van der Waals surface area contributed by atoms with Gasteiger partial charge in [0.15, 0.2) is 0 Å². The average Bonchev–Trinajstić information content (AvgIpc) is 2.57. The predicted octanol–water partition coefficient (Wildman–Crippen LogP) is 4.02. The van der Waals surface area contributed by atoms with Crippen molar-refractivity contribution in [3.63, 3.8) is 0 Å². The van der Waals surface area contributed by atoms with Gasteiger partial charge in [-0.3, -0.25) is 4.90 Å². The van der Waals surface area contributed by atoms with Crippen molar-refractivity contribution in [1.82, 2.24) is 4.90 Å². The van der Waals surface area contributed by atoms with E-state index in [-0.39, 0.29) is 18.5 Å². The molecular formula is C19H37NO5. The number of methoxy groups -OCH3 is 1. The summed E-state index contributed by atoms with van der Waals surface area (Å²) in [4.78, 5) is 25.7. The summed E-state index contributed by atoms with van der Waals surface area (Å²) in [5.74, 6) is -0.423. The van der Waals surface area contributed by atoms with Crippen molar-refractivity contribution in [3.05, 3.63) is 0 Å². The number of hydrogen-bond donors (Lipinski definition) is 0. The fourth-order valence-electron chi connectivity index (χ4n) is 2.62. The molecule has 0 fully saturated rings. The largest absolute Gasteiger partial charge is 0.464 e. The second-order valence-corrected chi connectivity index (χ2v) is 6.70. The van der Waals surface area contributed by atoms with E-state index < -0.39 is 12.1 Å². The zero-order valence-corrected chi connectivity index (χ0v) is 16.7. The van der Waals surface area contributed by atoms with Crippen molar-refractivity contribution in [2.24, 2.45) is 5.92 Å². The van der Waals surface area contributed by atoms with Gasteiger partial charge in [0.25, 0.3) is 0 Å². The van der Waals surface area contributed by atoms with Gasteiger partial charge in [0.2, 0.25) is 0 Å². The quantitative estimate of drug-likeness (QED) is 0.346. The molecule has 0 N–H and O–H groups in total. The van der Waals surface area contributed by atoms with Crippen LogP contribution in [-0.2, 0) is 19.0 Å². The van der Waals surface area contributed by atoms with Crippen molar-refractivity contribution in [2.45, 2.75) is 71.8 Å². The maximum Gasteiger partial charge on any atom is 0.410 e. The van der Waals surface area contributed by atoms with E-state index >= 15 is 0 Å². The zero-order valence-electron chi connectivity index (χ0n) is 16.7. The van der Waals surface area contributed by atoms with Crippen molar-refractivity contribution in [3.8, 4) is 0 Å². The highest BCUT2D eigenvalue weighted by molar-refractivity contribution is 5.81. The van der Waals surface area contributed by atoms with Crippen LogP contribution < -0.4 is 0 Å². The van der Waals surface area contributed by atoms with Gasteiger partial charge < -0.3 is 14.2 Å². The molecule has 6 heteroatoms.